The zero-order valence-corrected chi connectivity index (χ0v) is 14.0. The van der Waals surface area contributed by atoms with E-state index in [1.165, 1.54) is 13.2 Å². The summed E-state index contributed by atoms with van der Waals surface area (Å²) in [4.78, 5) is 14.3. The first-order valence-corrected chi connectivity index (χ1v) is 7.38. The fourth-order valence-electron chi connectivity index (χ4n) is 1.80. The summed E-state index contributed by atoms with van der Waals surface area (Å²) in [5, 5.41) is 3.77. The molecule has 0 aliphatic rings. The molecule has 0 spiro atoms. The van der Waals surface area contributed by atoms with E-state index in [9.17, 15) is 4.79 Å². The lowest BCUT2D eigenvalue weighted by molar-refractivity contribution is -0.136. The number of para-hydroxylation sites is 1. The molecule has 0 aliphatic carbocycles. The molecule has 24 heavy (non-hydrogen) atoms. The Kier molecular flexibility index (Phi) is 6.09. The van der Waals surface area contributed by atoms with Crippen LogP contribution < -0.4 is 4.74 Å². The van der Waals surface area contributed by atoms with E-state index in [1.807, 2.05) is 6.07 Å². The molecule has 0 unspecified atom stereocenters. The van der Waals surface area contributed by atoms with Crippen molar-refractivity contribution in [2.24, 2.45) is 5.11 Å². The smallest absolute Gasteiger partial charge is 0.340 e. The van der Waals surface area contributed by atoms with Gasteiger partial charge in [0.15, 0.2) is 5.75 Å². The van der Waals surface area contributed by atoms with Gasteiger partial charge < -0.3 is 9.47 Å². The summed E-state index contributed by atoms with van der Waals surface area (Å²) in [5.41, 5.74) is 8.76. The molecule has 8 heteroatoms. The summed E-state index contributed by atoms with van der Waals surface area (Å²) in [6.07, 6.45) is 1.31. The van der Waals surface area contributed by atoms with Crippen LogP contribution in [-0.2, 0) is 9.53 Å². The number of hydrogen-bond acceptors (Lipinski definition) is 4. The summed E-state index contributed by atoms with van der Waals surface area (Å²) in [5.74, 6) is -0.0332. The van der Waals surface area contributed by atoms with Gasteiger partial charge in [-0.3, -0.25) is 0 Å². The maximum Gasteiger partial charge on any atom is 0.340 e. The van der Waals surface area contributed by atoms with Gasteiger partial charge >= 0.3 is 5.97 Å². The number of rotatable bonds is 5. The molecule has 2 rings (SSSR count). The third-order valence-corrected chi connectivity index (χ3v) is 3.67. The number of benzene rings is 2. The minimum absolute atomic E-state index is 0.166. The van der Waals surface area contributed by atoms with Crippen LogP contribution in [0.25, 0.3) is 16.5 Å². The molecule has 0 saturated carbocycles. The minimum Gasteiger partial charge on any atom is -0.466 e. The van der Waals surface area contributed by atoms with Gasteiger partial charge in [-0.25, -0.2) is 4.79 Å². The second-order valence-electron chi connectivity index (χ2n) is 4.41. The van der Waals surface area contributed by atoms with Crippen LogP contribution in [0.3, 0.4) is 0 Å². The second-order valence-corrected chi connectivity index (χ2v) is 5.19. The van der Waals surface area contributed by atoms with E-state index in [-0.39, 0.29) is 21.5 Å². The summed E-state index contributed by atoms with van der Waals surface area (Å²) < 4.78 is 10.3. The molecule has 2 aromatic rings. The second kappa shape index (κ2) is 8.26. The highest BCUT2D eigenvalue weighted by molar-refractivity contribution is 6.43. The molecule has 6 nitrogen and oxygen atoms in total. The number of carbonyl (C=O) groups excluding carboxylic acids is 1. The lowest BCUT2D eigenvalue weighted by Gasteiger charge is -2.12. The fourth-order valence-corrected chi connectivity index (χ4v) is 2.16. The molecule has 0 fully saturated rings. The predicted molar refractivity (Wildman–Crippen MR) is 92.1 cm³/mol. The molecular formula is C16H11Cl2N3O3. The van der Waals surface area contributed by atoms with Crippen LogP contribution in [0, 0.1) is 0 Å². The SMILES string of the molecule is COC(=O)/C(=C/c1ccc(Cl)c(Cl)c1Oc1ccccc1)N=[N+]=[N-]. The highest BCUT2D eigenvalue weighted by Crippen LogP contribution is 2.39. The van der Waals surface area contributed by atoms with Crippen LogP contribution in [0.2, 0.25) is 10.0 Å². The van der Waals surface area contributed by atoms with E-state index in [2.05, 4.69) is 14.8 Å². The highest BCUT2D eigenvalue weighted by Gasteiger charge is 2.15. The van der Waals surface area contributed by atoms with Gasteiger partial charge in [0.1, 0.15) is 16.5 Å². The number of esters is 1. The van der Waals surface area contributed by atoms with Crippen molar-refractivity contribution in [1.29, 1.82) is 0 Å². The Morgan fingerprint density at radius 3 is 2.54 bits per heavy atom. The Morgan fingerprint density at radius 1 is 1.21 bits per heavy atom. The minimum atomic E-state index is -0.787. The van der Waals surface area contributed by atoms with Crippen molar-refractivity contribution in [2.45, 2.75) is 0 Å². The molecule has 0 aromatic heterocycles. The van der Waals surface area contributed by atoms with Crippen molar-refractivity contribution in [3.8, 4) is 11.5 Å². The summed E-state index contributed by atoms with van der Waals surface area (Å²) in [6.45, 7) is 0. The number of nitrogens with zero attached hydrogens (tertiary/aromatic N) is 3. The summed E-state index contributed by atoms with van der Waals surface area (Å²) in [7, 11) is 1.18. The Balaban J connectivity index is 2.55. The lowest BCUT2D eigenvalue weighted by atomic mass is 10.1. The maximum absolute atomic E-state index is 11.7. The third-order valence-electron chi connectivity index (χ3n) is 2.88. The van der Waals surface area contributed by atoms with E-state index in [0.29, 0.717) is 11.3 Å². The molecule has 0 N–H and O–H groups in total. The van der Waals surface area contributed by atoms with Gasteiger partial charge in [0.05, 0.1) is 12.1 Å². The molecule has 0 bridgehead atoms. The van der Waals surface area contributed by atoms with E-state index >= 15 is 0 Å². The molecular weight excluding hydrogens is 353 g/mol. The Labute approximate surface area is 147 Å². The molecule has 0 saturated heterocycles. The van der Waals surface area contributed by atoms with Gasteiger partial charge in [0.25, 0.3) is 0 Å². The van der Waals surface area contributed by atoms with Crippen molar-refractivity contribution < 1.29 is 14.3 Å². The number of azide groups is 1. The van der Waals surface area contributed by atoms with Crippen molar-refractivity contribution in [3.63, 3.8) is 0 Å². The average molecular weight is 364 g/mol. The number of hydrogen-bond donors (Lipinski definition) is 0. The van der Waals surface area contributed by atoms with Gasteiger partial charge in [-0.05, 0) is 35.9 Å². The zero-order valence-electron chi connectivity index (χ0n) is 12.4. The van der Waals surface area contributed by atoms with Gasteiger partial charge in [0, 0.05) is 10.5 Å². The Hall–Kier alpha value is -2.66. The molecule has 2 aromatic carbocycles. The normalized spacial score (nSPS) is 10.7. The topological polar surface area (TPSA) is 84.3 Å². The van der Waals surface area contributed by atoms with Crippen molar-refractivity contribution in [3.05, 3.63) is 74.2 Å². The van der Waals surface area contributed by atoms with Crippen LogP contribution in [0.1, 0.15) is 5.56 Å². The van der Waals surface area contributed by atoms with E-state index in [1.54, 1.807) is 36.4 Å². The van der Waals surface area contributed by atoms with Crippen molar-refractivity contribution in [2.75, 3.05) is 7.11 Å². The zero-order chi connectivity index (χ0) is 17.5. The number of carbonyl (C=O) groups is 1. The van der Waals surface area contributed by atoms with Gasteiger partial charge in [-0.2, -0.15) is 0 Å². The number of ether oxygens (including phenoxy) is 2. The molecule has 0 atom stereocenters. The fraction of sp³-hybridized carbons (Fsp3) is 0.0625. The number of halogens is 2. The molecule has 0 aliphatic heterocycles. The first kappa shape index (κ1) is 17.7. The van der Waals surface area contributed by atoms with E-state index < -0.39 is 5.97 Å². The van der Waals surface area contributed by atoms with Crippen LogP contribution in [0.4, 0.5) is 0 Å². The molecule has 122 valence electrons. The standard InChI is InChI=1S/C16H11Cl2N3O3/c1-23-16(22)13(20-21-19)9-10-7-8-12(17)14(18)15(10)24-11-5-3-2-4-6-11/h2-9H,1H3/b13-9-. The van der Waals surface area contributed by atoms with Crippen LogP contribution in [-0.4, -0.2) is 13.1 Å². The highest BCUT2D eigenvalue weighted by atomic mass is 35.5. The predicted octanol–water partition coefficient (Wildman–Crippen LogP) is 5.61. The Bertz CT molecular complexity index is 832. The van der Waals surface area contributed by atoms with Gasteiger partial charge in [-0.15, -0.1) is 0 Å². The first-order chi connectivity index (χ1) is 11.6. The largest absolute Gasteiger partial charge is 0.466 e. The molecule has 0 radical (unpaired) electrons. The molecule has 0 amide bonds. The van der Waals surface area contributed by atoms with Crippen molar-refractivity contribution >= 4 is 35.2 Å². The van der Waals surface area contributed by atoms with Crippen LogP contribution in [0.5, 0.6) is 11.5 Å². The first-order valence-electron chi connectivity index (χ1n) is 6.63. The van der Waals surface area contributed by atoms with Crippen LogP contribution in [0.15, 0.2) is 53.3 Å². The maximum atomic E-state index is 11.7. The van der Waals surface area contributed by atoms with Crippen molar-refractivity contribution in [1.82, 2.24) is 0 Å². The van der Waals surface area contributed by atoms with Crippen LogP contribution >= 0.6 is 23.2 Å². The quantitative estimate of drug-likeness (QED) is 0.227. The average Bonchev–Trinajstić information content (AvgIpc) is 2.60. The number of methoxy groups -OCH3 is 1. The lowest BCUT2D eigenvalue weighted by Crippen LogP contribution is -2.02. The summed E-state index contributed by atoms with van der Waals surface area (Å²) in [6, 6.07) is 12.0. The Morgan fingerprint density at radius 2 is 1.92 bits per heavy atom. The van der Waals surface area contributed by atoms with Gasteiger partial charge in [-0.1, -0.05) is 46.5 Å². The third kappa shape index (κ3) is 4.20. The van der Waals surface area contributed by atoms with E-state index in [0.717, 1.165) is 0 Å². The summed E-state index contributed by atoms with van der Waals surface area (Å²) >= 11 is 12.2. The molecule has 0 heterocycles. The van der Waals surface area contributed by atoms with Gasteiger partial charge in [0.2, 0.25) is 0 Å². The van der Waals surface area contributed by atoms with E-state index in [4.69, 9.17) is 33.5 Å². The monoisotopic (exact) mass is 363 g/mol.